The summed E-state index contributed by atoms with van der Waals surface area (Å²) in [5, 5.41) is 7.36. The molecule has 1 heterocycles. The maximum atomic E-state index is 5.58. The van der Waals surface area contributed by atoms with Crippen molar-refractivity contribution in [2.24, 2.45) is 0 Å². The van der Waals surface area contributed by atoms with Crippen LogP contribution in [-0.4, -0.2) is 10.2 Å². The molecule has 0 unspecified atom stereocenters. The van der Waals surface area contributed by atoms with E-state index in [0.29, 0.717) is 16.4 Å². The van der Waals surface area contributed by atoms with Crippen molar-refractivity contribution in [3.63, 3.8) is 0 Å². The van der Waals surface area contributed by atoms with Gasteiger partial charge in [-0.05, 0) is 6.92 Å². The maximum absolute atomic E-state index is 5.58. The molecule has 0 aliphatic heterocycles. The average molecular weight is 159 g/mol. The van der Waals surface area contributed by atoms with Gasteiger partial charge >= 0.3 is 0 Å². The van der Waals surface area contributed by atoms with Gasteiger partial charge < -0.3 is 11.5 Å². The van der Waals surface area contributed by atoms with E-state index in [4.69, 9.17) is 23.1 Å². The fourth-order valence-electron chi connectivity index (χ4n) is 0.530. The van der Waals surface area contributed by atoms with E-state index in [9.17, 15) is 0 Å². The van der Waals surface area contributed by atoms with Crippen molar-refractivity contribution in [2.45, 2.75) is 6.92 Å². The van der Waals surface area contributed by atoms with Crippen molar-refractivity contribution in [2.75, 3.05) is 11.5 Å². The molecule has 0 aliphatic rings. The second-order valence-corrected chi connectivity index (χ2v) is 2.27. The summed E-state index contributed by atoms with van der Waals surface area (Å²) in [4.78, 5) is 0. The van der Waals surface area contributed by atoms with Gasteiger partial charge in [-0.3, -0.25) is 0 Å². The highest BCUT2D eigenvalue weighted by Gasteiger charge is 2.04. The third-order valence-electron chi connectivity index (χ3n) is 1.23. The average Bonchev–Trinajstić information content (AvgIpc) is 1.93. The van der Waals surface area contributed by atoms with Crippen LogP contribution in [0.1, 0.15) is 5.56 Å². The second kappa shape index (κ2) is 2.30. The highest BCUT2D eigenvalue weighted by Crippen LogP contribution is 2.20. The lowest BCUT2D eigenvalue weighted by Crippen LogP contribution is -2.02. The first-order valence-electron chi connectivity index (χ1n) is 2.66. The summed E-state index contributed by atoms with van der Waals surface area (Å²) in [5.41, 5.74) is 11.9. The van der Waals surface area contributed by atoms with E-state index in [1.165, 1.54) is 0 Å². The van der Waals surface area contributed by atoms with Gasteiger partial charge in [0.1, 0.15) is 0 Å². The number of hydrogen-bond donors (Lipinski definition) is 2. The molecule has 5 heteroatoms. The Morgan fingerprint density at radius 3 is 2.40 bits per heavy atom. The normalized spacial score (nSPS) is 9.80. The van der Waals surface area contributed by atoms with Crippen LogP contribution in [0.25, 0.3) is 0 Å². The Kier molecular flexibility index (Phi) is 1.63. The van der Waals surface area contributed by atoms with Gasteiger partial charge in [-0.15, -0.1) is 10.2 Å². The van der Waals surface area contributed by atoms with Crippen LogP contribution in [0.2, 0.25) is 5.15 Å². The molecule has 4 nitrogen and oxygen atoms in total. The van der Waals surface area contributed by atoms with Gasteiger partial charge in [0.25, 0.3) is 0 Å². The standard InChI is InChI=1S/C5H7ClN4/c1-2-3(7)5(8)10-9-4(2)6/h1H3,(H2,7,9)(H2,8,10). The Morgan fingerprint density at radius 1 is 1.30 bits per heavy atom. The molecule has 0 fully saturated rings. The summed E-state index contributed by atoms with van der Waals surface area (Å²) in [5.74, 6) is 0.224. The summed E-state index contributed by atoms with van der Waals surface area (Å²) in [6.45, 7) is 1.74. The predicted octanol–water partition coefficient (Wildman–Crippen LogP) is 0.603. The minimum Gasteiger partial charge on any atom is -0.395 e. The number of nitrogen functional groups attached to an aromatic ring is 2. The van der Waals surface area contributed by atoms with Crippen LogP contribution in [0, 0.1) is 6.92 Å². The molecule has 4 N–H and O–H groups in total. The van der Waals surface area contributed by atoms with Crippen molar-refractivity contribution < 1.29 is 0 Å². The van der Waals surface area contributed by atoms with Crippen LogP contribution in [0.3, 0.4) is 0 Å². The first-order chi connectivity index (χ1) is 4.63. The summed E-state index contributed by atoms with van der Waals surface area (Å²) >= 11 is 5.58. The smallest absolute Gasteiger partial charge is 0.169 e. The molecule has 0 bridgehead atoms. The van der Waals surface area contributed by atoms with Crippen molar-refractivity contribution in [3.05, 3.63) is 10.7 Å². The molecule has 0 saturated heterocycles. The van der Waals surface area contributed by atoms with E-state index in [1.54, 1.807) is 6.92 Å². The summed E-state index contributed by atoms with van der Waals surface area (Å²) in [6.07, 6.45) is 0. The van der Waals surface area contributed by atoms with Gasteiger partial charge in [0.15, 0.2) is 11.0 Å². The quantitative estimate of drug-likeness (QED) is 0.580. The first-order valence-corrected chi connectivity index (χ1v) is 3.04. The van der Waals surface area contributed by atoms with Crippen molar-refractivity contribution in [1.29, 1.82) is 0 Å². The fourth-order valence-corrected chi connectivity index (χ4v) is 0.669. The molecule has 54 valence electrons. The molecule has 10 heavy (non-hydrogen) atoms. The Labute approximate surface area is 63.2 Å². The topological polar surface area (TPSA) is 77.8 Å². The van der Waals surface area contributed by atoms with E-state index in [1.807, 2.05) is 0 Å². The number of nitrogens with zero attached hydrogens (tertiary/aromatic N) is 2. The highest BCUT2D eigenvalue weighted by atomic mass is 35.5. The number of hydrogen-bond acceptors (Lipinski definition) is 4. The minimum absolute atomic E-state index is 0.224. The van der Waals surface area contributed by atoms with Crippen LogP contribution < -0.4 is 11.5 Å². The van der Waals surface area contributed by atoms with Gasteiger partial charge in [0, 0.05) is 5.56 Å². The van der Waals surface area contributed by atoms with Crippen molar-refractivity contribution in [3.8, 4) is 0 Å². The third kappa shape index (κ3) is 0.974. The lowest BCUT2D eigenvalue weighted by Gasteiger charge is -2.01. The molecule has 0 spiro atoms. The van der Waals surface area contributed by atoms with E-state index >= 15 is 0 Å². The molecule has 1 aromatic heterocycles. The van der Waals surface area contributed by atoms with Crippen LogP contribution >= 0.6 is 11.6 Å². The Bertz CT molecular complexity index is 233. The summed E-state index contributed by atoms with van der Waals surface area (Å²) in [7, 11) is 0. The summed E-state index contributed by atoms with van der Waals surface area (Å²) < 4.78 is 0. The third-order valence-corrected chi connectivity index (χ3v) is 1.59. The molecular weight excluding hydrogens is 152 g/mol. The zero-order chi connectivity index (χ0) is 7.72. The van der Waals surface area contributed by atoms with E-state index in [-0.39, 0.29) is 5.82 Å². The molecule has 1 rings (SSSR count). The Balaban J connectivity index is 3.34. The van der Waals surface area contributed by atoms with Gasteiger partial charge in [-0.1, -0.05) is 11.6 Å². The number of aromatic nitrogens is 2. The second-order valence-electron chi connectivity index (χ2n) is 1.91. The number of anilines is 2. The van der Waals surface area contributed by atoms with E-state index in [0.717, 1.165) is 0 Å². The van der Waals surface area contributed by atoms with E-state index in [2.05, 4.69) is 10.2 Å². The Hall–Kier alpha value is -1.03. The SMILES string of the molecule is Cc1c(Cl)nnc(N)c1N. The number of nitrogens with two attached hydrogens (primary N) is 2. The lowest BCUT2D eigenvalue weighted by atomic mass is 10.3. The molecule has 0 atom stereocenters. The zero-order valence-electron chi connectivity index (χ0n) is 5.43. The molecule has 0 aliphatic carbocycles. The van der Waals surface area contributed by atoms with E-state index < -0.39 is 0 Å². The molecular formula is C5H7ClN4. The monoisotopic (exact) mass is 158 g/mol. The van der Waals surface area contributed by atoms with Gasteiger partial charge in [0.05, 0.1) is 5.69 Å². The number of halogens is 1. The molecule has 0 radical (unpaired) electrons. The molecule has 0 saturated carbocycles. The predicted molar refractivity (Wildman–Crippen MR) is 40.6 cm³/mol. The van der Waals surface area contributed by atoms with Crippen LogP contribution in [-0.2, 0) is 0 Å². The van der Waals surface area contributed by atoms with Crippen molar-refractivity contribution in [1.82, 2.24) is 10.2 Å². The largest absolute Gasteiger partial charge is 0.395 e. The van der Waals surface area contributed by atoms with Crippen LogP contribution in [0.4, 0.5) is 11.5 Å². The molecule has 0 aromatic carbocycles. The van der Waals surface area contributed by atoms with Crippen molar-refractivity contribution >= 4 is 23.1 Å². The maximum Gasteiger partial charge on any atom is 0.169 e. The fraction of sp³-hybridized carbons (Fsp3) is 0.200. The van der Waals surface area contributed by atoms with Gasteiger partial charge in [-0.2, -0.15) is 0 Å². The Morgan fingerprint density at radius 2 is 1.90 bits per heavy atom. The summed E-state index contributed by atoms with van der Waals surface area (Å²) in [6, 6.07) is 0. The zero-order valence-corrected chi connectivity index (χ0v) is 6.18. The molecule has 1 aromatic rings. The van der Waals surface area contributed by atoms with Crippen LogP contribution in [0.5, 0.6) is 0 Å². The van der Waals surface area contributed by atoms with Crippen LogP contribution in [0.15, 0.2) is 0 Å². The van der Waals surface area contributed by atoms with Gasteiger partial charge in [-0.25, -0.2) is 0 Å². The minimum atomic E-state index is 0.224. The number of rotatable bonds is 0. The first kappa shape index (κ1) is 7.08. The highest BCUT2D eigenvalue weighted by molar-refractivity contribution is 6.30. The molecule has 0 amide bonds. The lowest BCUT2D eigenvalue weighted by molar-refractivity contribution is 1.03. The van der Waals surface area contributed by atoms with Gasteiger partial charge in [0.2, 0.25) is 0 Å².